The SMILES string of the molecule is CCCCCCOc1nsnc1C1=CCC[N+](C)(C(OC(=O)CC)c2ccccc2)C1.[Cl-]. The Bertz CT molecular complexity index is 874. The first-order valence-corrected chi connectivity index (χ1v) is 12.0. The lowest BCUT2D eigenvalue weighted by atomic mass is 10.0. The summed E-state index contributed by atoms with van der Waals surface area (Å²) in [6.45, 7) is 6.28. The van der Waals surface area contributed by atoms with Crippen molar-refractivity contribution >= 4 is 23.3 Å². The molecule has 8 heteroatoms. The molecule has 2 heterocycles. The van der Waals surface area contributed by atoms with Crippen LogP contribution in [-0.4, -0.2) is 45.9 Å². The molecular formula is C24H34ClN3O3S. The number of unbranched alkanes of at least 4 members (excludes halogenated alkanes) is 3. The second-order valence-electron chi connectivity index (χ2n) is 8.31. The monoisotopic (exact) mass is 479 g/mol. The largest absolute Gasteiger partial charge is 1.00 e. The van der Waals surface area contributed by atoms with Crippen molar-refractivity contribution in [3.8, 4) is 5.88 Å². The van der Waals surface area contributed by atoms with E-state index >= 15 is 0 Å². The van der Waals surface area contributed by atoms with Gasteiger partial charge < -0.3 is 21.9 Å². The van der Waals surface area contributed by atoms with Crippen LogP contribution >= 0.6 is 11.7 Å². The number of rotatable bonds is 11. The zero-order chi connectivity index (χ0) is 22.1. The molecule has 176 valence electrons. The molecule has 0 spiro atoms. The number of nitrogens with zero attached hydrogens (tertiary/aromatic N) is 3. The molecule has 0 amide bonds. The van der Waals surface area contributed by atoms with Crippen LogP contribution in [0.5, 0.6) is 5.88 Å². The molecule has 0 bridgehead atoms. The zero-order valence-corrected chi connectivity index (χ0v) is 20.8. The third kappa shape index (κ3) is 6.77. The van der Waals surface area contributed by atoms with E-state index in [2.05, 4.69) is 28.8 Å². The molecule has 0 aliphatic carbocycles. The van der Waals surface area contributed by atoms with Gasteiger partial charge in [-0.15, -0.1) is 4.37 Å². The number of quaternary nitrogens is 1. The lowest BCUT2D eigenvalue weighted by Crippen LogP contribution is -3.00. The summed E-state index contributed by atoms with van der Waals surface area (Å²) < 4.78 is 21.5. The first-order chi connectivity index (χ1) is 15.1. The number of ether oxygens (including phenoxy) is 2. The van der Waals surface area contributed by atoms with Crippen LogP contribution in [0.25, 0.3) is 5.57 Å². The fourth-order valence-electron chi connectivity index (χ4n) is 3.99. The Morgan fingerprint density at radius 1 is 1.16 bits per heavy atom. The highest BCUT2D eigenvalue weighted by Crippen LogP contribution is 2.37. The summed E-state index contributed by atoms with van der Waals surface area (Å²) in [6, 6.07) is 10.0. The molecule has 0 radical (unpaired) electrons. The third-order valence-electron chi connectivity index (χ3n) is 5.74. The minimum absolute atomic E-state index is 0. The van der Waals surface area contributed by atoms with Crippen molar-refractivity contribution in [1.82, 2.24) is 8.75 Å². The number of hydrogen-bond acceptors (Lipinski definition) is 6. The summed E-state index contributed by atoms with van der Waals surface area (Å²) in [7, 11) is 2.15. The Morgan fingerprint density at radius 2 is 1.94 bits per heavy atom. The highest BCUT2D eigenvalue weighted by atomic mass is 35.5. The van der Waals surface area contributed by atoms with Crippen LogP contribution in [0.3, 0.4) is 0 Å². The lowest BCUT2D eigenvalue weighted by molar-refractivity contribution is -0.953. The quantitative estimate of drug-likeness (QED) is 0.281. The molecule has 0 saturated carbocycles. The Morgan fingerprint density at radius 3 is 2.66 bits per heavy atom. The van der Waals surface area contributed by atoms with Gasteiger partial charge in [0, 0.05) is 18.4 Å². The summed E-state index contributed by atoms with van der Waals surface area (Å²) in [6.07, 6.45) is 7.74. The van der Waals surface area contributed by atoms with Gasteiger partial charge in [0.15, 0.2) is 0 Å². The minimum Gasteiger partial charge on any atom is -1.00 e. The van der Waals surface area contributed by atoms with Gasteiger partial charge in [-0.25, -0.2) is 0 Å². The number of benzene rings is 1. The van der Waals surface area contributed by atoms with E-state index in [1.54, 1.807) is 0 Å². The molecule has 1 aliphatic rings. The normalized spacial score (nSPS) is 18.9. The number of carbonyl (C=O) groups is 1. The molecule has 6 nitrogen and oxygen atoms in total. The smallest absolute Gasteiger partial charge is 0.310 e. The minimum atomic E-state index is -0.359. The van der Waals surface area contributed by atoms with E-state index in [0.717, 1.165) is 36.2 Å². The molecule has 0 saturated heterocycles. The van der Waals surface area contributed by atoms with E-state index in [4.69, 9.17) is 9.47 Å². The van der Waals surface area contributed by atoms with E-state index in [0.29, 0.717) is 29.9 Å². The highest BCUT2D eigenvalue weighted by Gasteiger charge is 2.40. The first-order valence-electron chi connectivity index (χ1n) is 11.3. The van der Waals surface area contributed by atoms with Crippen LogP contribution in [0.1, 0.15) is 69.9 Å². The van der Waals surface area contributed by atoms with Crippen LogP contribution < -0.4 is 17.1 Å². The van der Waals surface area contributed by atoms with Gasteiger partial charge in [0.05, 0.1) is 37.5 Å². The maximum atomic E-state index is 12.3. The topological polar surface area (TPSA) is 61.3 Å². The second-order valence-corrected chi connectivity index (χ2v) is 8.84. The molecule has 32 heavy (non-hydrogen) atoms. The molecular weight excluding hydrogens is 446 g/mol. The van der Waals surface area contributed by atoms with E-state index < -0.39 is 0 Å². The van der Waals surface area contributed by atoms with E-state index in [1.165, 1.54) is 31.0 Å². The number of esters is 1. The molecule has 0 fully saturated rings. The van der Waals surface area contributed by atoms with Gasteiger partial charge in [0.1, 0.15) is 12.2 Å². The van der Waals surface area contributed by atoms with Gasteiger partial charge in [-0.3, -0.25) is 9.28 Å². The van der Waals surface area contributed by atoms with Crippen molar-refractivity contribution in [3.63, 3.8) is 0 Å². The molecule has 1 aromatic heterocycles. The number of carbonyl (C=O) groups excluding carboxylic acids is 1. The zero-order valence-electron chi connectivity index (χ0n) is 19.3. The van der Waals surface area contributed by atoms with Crippen molar-refractivity contribution < 1.29 is 31.2 Å². The molecule has 1 aliphatic heterocycles. The summed E-state index contributed by atoms with van der Waals surface area (Å²) in [5.41, 5.74) is 2.95. The number of likely N-dealkylation sites (N-methyl/N-ethyl adjacent to an activating group) is 1. The Hall–Kier alpha value is -1.96. The summed E-state index contributed by atoms with van der Waals surface area (Å²) in [4.78, 5) is 12.3. The molecule has 0 N–H and O–H groups in total. The first kappa shape index (κ1) is 26.3. The predicted molar refractivity (Wildman–Crippen MR) is 124 cm³/mol. The average molecular weight is 480 g/mol. The predicted octanol–water partition coefficient (Wildman–Crippen LogP) is 2.39. The van der Waals surface area contributed by atoms with Gasteiger partial charge in [-0.1, -0.05) is 57.4 Å². The Kier molecular flexibility index (Phi) is 10.6. The fourth-order valence-corrected chi connectivity index (χ4v) is 4.52. The standard InChI is InChI=1S/C24H34N3O3S.ClH/c1-4-6-7-11-17-29-23-22(25-31-26-23)20-15-12-16-27(3,18-20)24(30-21(28)5-2)19-13-9-8-10-14-19;/h8-10,13-15,24H,4-7,11-12,16-18H2,1-3H3;1H/q+1;/p-1. The number of hydrogen-bond donors (Lipinski definition) is 0. The van der Waals surface area contributed by atoms with Gasteiger partial charge in [0.2, 0.25) is 0 Å². The molecule has 2 aromatic rings. The van der Waals surface area contributed by atoms with Crippen molar-refractivity contribution in [3.05, 3.63) is 47.7 Å². The van der Waals surface area contributed by atoms with E-state index in [9.17, 15) is 4.79 Å². The van der Waals surface area contributed by atoms with Crippen molar-refractivity contribution in [2.75, 3.05) is 26.7 Å². The molecule has 3 rings (SSSR count). The van der Waals surface area contributed by atoms with Gasteiger partial charge in [-0.05, 0) is 18.6 Å². The van der Waals surface area contributed by atoms with Gasteiger partial charge >= 0.3 is 5.97 Å². The van der Waals surface area contributed by atoms with E-state index in [-0.39, 0.29) is 24.6 Å². The van der Waals surface area contributed by atoms with Crippen LogP contribution in [0.4, 0.5) is 0 Å². The van der Waals surface area contributed by atoms with Crippen molar-refractivity contribution in [2.24, 2.45) is 0 Å². The van der Waals surface area contributed by atoms with Crippen molar-refractivity contribution in [2.45, 2.75) is 58.6 Å². The molecule has 2 unspecified atom stereocenters. The molecule has 2 atom stereocenters. The van der Waals surface area contributed by atoms with Crippen LogP contribution in [0.15, 0.2) is 36.4 Å². The maximum absolute atomic E-state index is 12.3. The summed E-state index contributed by atoms with van der Waals surface area (Å²) in [5.74, 6) is 0.443. The number of halogens is 1. The van der Waals surface area contributed by atoms with Crippen LogP contribution in [0.2, 0.25) is 0 Å². The summed E-state index contributed by atoms with van der Waals surface area (Å²) >= 11 is 1.19. The number of aromatic nitrogens is 2. The van der Waals surface area contributed by atoms with Crippen molar-refractivity contribution in [1.29, 1.82) is 0 Å². The Labute approximate surface area is 202 Å². The van der Waals surface area contributed by atoms with E-state index in [1.807, 2.05) is 37.3 Å². The highest BCUT2D eigenvalue weighted by molar-refractivity contribution is 6.99. The lowest BCUT2D eigenvalue weighted by Gasteiger charge is -2.42. The average Bonchev–Trinajstić information content (AvgIpc) is 3.26. The van der Waals surface area contributed by atoms with Gasteiger partial charge in [0.25, 0.3) is 12.1 Å². The maximum Gasteiger partial charge on any atom is 0.310 e. The Balaban J connectivity index is 0.00000363. The second kappa shape index (κ2) is 12.9. The van der Waals surface area contributed by atoms with Crippen LogP contribution in [0, 0.1) is 0 Å². The van der Waals surface area contributed by atoms with Crippen LogP contribution in [-0.2, 0) is 9.53 Å². The fraction of sp³-hybridized carbons (Fsp3) is 0.542. The summed E-state index contributed by atoms with van der Waals surface area (Å²) in [5, 5.41) is 0. The van der Waals surface area contributed by atoms with Gasteiger partial charge in [-0.2, -0.15) is 4.37 Å². The molecule has 1 aromatic carbocycles. The third-order valence-corrected chi connectivity index (χ3v) is 6.26.